The first-order valence-corrected chi connectivity index (χ1v) is 12.1. The van der Waals surface area contributed by atoms with Crippen molar-refractivity contribution in [3.05, 3.63) is 53.2 Å². The molecule has 1 heterocycles. The quantitative estimate of drug-likeness (QED) is 0.518. The van der Waals surface area contributed by atoms with E-state index in [1.807, 2.05) is 24.3 Å². The van der Waals surface area contributed by atoms with Crippen molar-refractivity contribution in [2.75, 3.05) is 13.3 Å². The fraction of sp³-hybridized carbons (Fsp3) is 0.455. The molecule has 0 aliphatic heterocycles. The average Bonchev–Trinajstić information content (AvgIpc) is 3.21. The first-order chi connectivity index (χ1) is 14.4. The van der Waals surface area contributed by atoms with Gasteiger partial charge in [-0.15, -0.1) is 0 Å². The molecule has 0 unspecified atom stereocenters. The maximum Gasteiger partial charge on any atom is 0.218 e. The van der Waals surface area contributed by atoms with Gasteiger partial charge in [0, 0.05) is 38.2 Å². The van der Waals surface area contributed by atoms with Crippen LogP contribution in [0, 0.1) is 6.92 Å². The topological polar surface area (TPSA) is 92.7 Å². The number of rotatable bonds is 7. The van der Waals surface area contributed by atoms with Crippen LogP contribution in [0.3, 0.4) is 0 Å². The van der Waals surface area contributed by atoms with Crippen LogP contribution in [-0.2, 0) is 22.9 Å². The molecule has 1 aromatic carbocycles. The van der Waals surface area contributed by atoms with E-state index in [2.05, 4.69) is 20.6 Å². The van der Waals surface area contributed by atoms with Crippen molar-refractivity contribution in [2.24, 2.45) is 4.99 Å². The Labute approximate surface area is 178 Å². The summed E-state index contributed by atoms with van der Waals surface area (Å²) < 4.78 is 29.6. The van der Waals surface area contributed by atoms with Gasteiger partial charge in [-0.25, -0.2) is 13.4 Å². The molecule has 1 aliphatic rings. The van der Waals surface area contributed by atoms with Crippen LogP contribution in [0.1, 0.15) is 42.4 Å². The monoisotopic (exact) mass is 430 g/mol. The number of ether oxygens (including phenoxy) is 1. The summed E-state index contributed by atoms with van der Waals surface area (Å²) in [5, 5.41) is 6.56. The van der Waals surface area contributed by atoms with E-state index in [4.69, 9.17) is 4.74 Å². The van der Waals surface area contributed by atoms with Gasteiger partial charge in [0.1, 0.15) is 6.10 Å². The SMILES string of the molecule is CN=C(NCc1ccc(S(C)(=O)=O)c(C)c1)NCc1cccnc1OC1CCCC1. The van der Waals surface area contributed by atoms with E-state index in [1.54, 1.807) is 26.2 Å². The number of sulfone groups is 1. The third-order valence-electron chi connectivity index (χ3n) is 5.20. The molecule has 3 rings (SSSR count). The lowest BCUT2D eigenvalue weighted by atomic mass is 10.1. The van der Waals surface area contributed by atoms with E-state index in [0.717, 1.165) is 29.5 Å². The maximum atomic E-state index is 11.8. The van der Waals surface area contributed by atoms with Gasteiger partial charge in [-0.2, -0.15) is 0 Å². The van der Waals surface area contributed by atoms with Crippen molar-refractivity contribution in [3.63, 3.8) is 0 Å². The smallest absolute Gasteiger partial charge is 0.218 e. The summed E-state index contributed by atoms with van der Waals surface area (Å²) in [6, 6.07) is 9.26. The minimum absolute atomic E-state index is 0.259. The Morgan fingerprint density at radius 3 is 2.60 bits per heavy atom. The summed E-state index contributed by atoms with van der Waals surface area (Å²) in [5.74, 6) is 1.33. The third-order valence-corrected chi connectivity index (χ3v) is 6.46. The van der Waals surface area contributed by atoms with Gasteiger partial charge in [0.15, 0.2) is 15.8 Å². The lowest BCUT2D eigenvalue weighted by Gasteiger charge is -2.17. The number of hydrogen-bond acceptors (Lipinski definition) is 5. The van der Waals surface area contributed by atoms with Gasteiger partial charge in [0.05, 0.1) is 4.90 Å². The molecule has 1 aromatic heterocycles. The van der Waals surface area contributed by atoms with Crippen LogP contribution in [0.2, 0.25) is 0 Å². The number of hydrogen-bond donors (Lipinski definition) is 2. The highest BCUT2D eigenvalue weighted by molar-refractivity contribution is 7.90. The molecule has 7 nitrogen and oxygen atoms in total. The van der Waals surface area contributed by atoms with Gasteiger partial charge in [-0.3, -0.25) is 4.99 Å². The molecule has 0 saturated heterocycles. The zero-order valence-electron chi connectivity index (χ0n) is 17.8. The molecule has 1 saturated carbocycles. The molecule has 0 radical (unpaired) electrons. The number of guanidine groups is 1. The molecule has 162 valence electrons. The normalized spacial score (nSPS) is 15.2. The van der Waals surface area contributed by atoms with Crippen LogP contribution in [0.4, 0.5) is 0 Å². The molecule has 0 amide bonds. The molecule has 30 heavy (non-hydrogen) atoms. The van der Waals surface area contributed by atoms with E-state index in [1.165, 1.54) is 19.1 Å². The van der Waals surface area contributed by atoms with Gasteiger partial charge in [0.25, 0.3) is 0 Å². The van der Waals surface area contributed by atoms with E-state index in [-0.39, 0.29) is 6.10 Å². The summed E-state index contributed by atoms with van der Waals surface area (Å²) >= 11 is 0. The van der Waals surface area contributed by atoms with E-state index < -0.39 is 9.84 Å². The van der Waals surface area contributed by atoms with Gasteiger partial charge in [-0.05, 0) is 55.9 Å². The molecular formula is C22H30N4O3S. The van der Waals surface area contributed by atoms with Crippen molar-refractivity contribution in [3.8, 4) is 5.88 Å². The van der Waals surface area contributed by atoms with Crippen molar-refractivity contribution < 1.29 is 13.2 Å². The summed E-state index contributed by atoms with van der Waals surface area (Å²) in [4.78, 5) is 9.03. The predicted molar refractivity (Wildman–Crippen MR) is 118 cm³/mol. The zero-order valence-corrected chi connectivity index (χ0v) is 18.6. The zero-order chi connectivity index (χ0) is 21.6. The molecule has 2 N–H and O–H groups in total. The lowest BCUT2D eigenvalue weighted by molar-refractivity contribution is 0.199. The first-order valence-electron chi connectivity index (χ1n) is 10.2. The number of aliphatic imine (C=N–C) groups is 1. The molecular weight excluding hydrogens is 400 g/mol. The number of nitrogens with one attached hydrogen (secondary N) is 2. The van der Waals surface area contributed by atoms with Crippen LogP contribution in [0.25, 0.3) is 0 Å². The Morgan fingerprint density at radius 1 is 1.20 bits per heavy atom. The number of aromatic nitrogens is 1. The molecule has 1 aliphatic carbocycles. The number of benzene rings is 1. The second-order valence-corrected chi connectivity index (χ2v) is 9.63. The second-order valence-electron chi connectivity index (χ2n) is 7.64. The van der Waals surface area contributed by atoms with Gasteiger partial charge < -0.3 is 15.4 Å². The Hall–Kier alpha value is -2.61. The first kappa shape index (κ1) is 22.1. The van der Waals surface area contributed by atoms with Crippen molar-refractivity contribution in [1.29, 1.82) is 0 Å². The van der Waals surface area contributed by atoms with Crippen molar-refractivity contribution >= 4 is 15.8 Å². The summed E-state index contributed by atoms with van der Waals surface area (Å²) in [7, 11) is -1.50. The van der Waals surface area contributed by atoms with Crippen LogP contribution in [0.5, 0.6) is 5.88 Å². The number of nitrogens with zero attached hydrogens (tertiary/aromatic N) is 2. The highest BCUT2D eigenvalue weighted by Crippen LogP contribution is 2.25. The van der Waals surface area contributed by atoms with E-state index >= 15 is 0 Å². The van der Waals surface area contributed by atoms with Crippen LogP contribution < -0.4 is 15.4 Å². The highest BCUT2D eigenvalue weighted by atomic mass is 32.2. The average molecular weight is 431 g/mol. The van der Waals surface area contributed by atoms with Crippen LogP contribution >= 0.6 is 0 Å². The standard InChI is InChI=1S/C22H30N4O3S/c1-16-13-17(10-11-20(16)30(3,27)28)14-25-22(23-2)26-15-18-7-6-12-24-21(18)29-19-8-4-5-9-19/h6-7,10-13,19H,4-5,8-9,14-15H2,1-3H3,(H2,23,25,26). The van der Waals surface area contributed by atoms with Crippen LogP contribution in [-0.4, -0.2) is 38.8 Å². The van der Waals surface area contributed by atoms with Crippen LogP contribution in [0.15, 0.2) is 46.4 Å². The molecule has 0 bridgehead atoms. The second kappa shape index (κ2) is 9.93. The van der Waals surface area contributed by atoms with Crippen molar-refractivity contribution in [1.82, 2.24) is 15.6 Å². The number of pyridine rings is 1. The van der Waals surface area contributed by atoms with E-state index in [0.29, 0.717) is 29.8 Å². The van der Waals surface area contributed by atoms with Gasteiger partial charge >= 0.3 is 0 Å². The van der Waals surface area contributed by atoms with Gasteiger partial charge in [0.2, 0.25) is 5.88 Å². The molecule has 0 atom stereocenters. The minimum atomic E-state index is -3.21. The van der Waals surface area contributed by atoms with Crippen molar-refractivity contribution in [2.45, 2.75) is 56.7 Å². The van der Waals surface area contributed by atoms with Gasteiger partial charge in [-0.1, -0.05) is 18.2 Å². The lowest BCUT2D eigenvalue weighted by Crippen LogP contribution is -2.36. The molecule has 0 spiro atoms. The number of aryl methyl sites for hydroxylation is 1. The minimum Gasteiger partial charge on any atom is -0.474 e. The fourth-order valence-corrected chi connectivity index (χ4v) is 4.61. The molecule has 8 heteroatoms. The highest BCUT2D eigenvalue weighted by Gasteiger charge is 2.18. The Kier molecular flexibility index (Phi) is 7.31. The fourth-order valence-electron chi connectivity index (χ4n) is 3.65. The Balaban J connectivity index is 1.57. The molecule has 2 aromatic rings. The van der Waals surface area contributed by atoms with E-state index in [9.17, 15) is 8.42 Å². The third kappa shape index (κ3) is 5.95. The maximum absolute atomic E-state index is 11.8. The largest absolute Gasteiger partial charge is 0.474 e. The summed E-state index contributed by atoms with van der Waals surface area (Å²) in [6.45, 7) is 2.88. The molecule has 1 fully saturated rings. The summed E-state index contributed by atoms with van der Waals surface area (Å²) in [5.41, 5.74) is 2.71. The summed E-state index contributed by atoms with van der Waals surface area (Å²) in [6.07, 6.45) is 7.84. The Morgan fingerprint density at radius 2 is 1.93 bits per heavy atom. The predicted octanol–water partition coefficient (Wildman–Crippen LogP) is 2.98. The Bertz CT molecular complexity index is 999.